The summed E-state index contributed by atoms with van der Waals surface area (Å²) in [7, 11) is 1.91. The van der Waals surface area contributed by atoms with Crippen LogP contribution in [0.3, 0.4) is 0 Å². The molecule has 2 aliphatic rings. The zero-order valence-corrected chi connectivity index (χ0v) is 17.8. The van der Waals surface area contributed by atoms with Gasteiger partial charge in [-0.1, -0.05) is 30.3 Å². The molecule has 154 valence electrons. The highest BCUT2D eigenvalue weighted by Gasteiger charge is 2.33. The Morgan fingerprint density at radius 1 is 1.07 bits per heavy atom. The van der Waals surface area contributed by atoms with Crippen LogP contribution in [-0.2, 0) is 16.1 Å². The molecule has 2 heterocycles. The summed E-state index contributed by atoms with van der Waals surface area (Å²) in [6.45, 7) is 5.94. The molecule has 5 nitrogen and oxygen atoms in total. The van der Waals surface area contributed by atoms with Gasteiger partial charge in [0.2, 0.25) is 11.8 Å². The molecule has 3 rings (SSSR count). The highest BCUT2D eigenvalue weighted by Crippen LogP contribution is 2.25. The molecule has 0 spiro atoms. The standard InChI is InChI=1S/C22H32ClN3O2/c1-17(23)21(27)26-14-10-20(11-15-26)25-12-8-19(9-13-25)22(28)24(2)16-18-6-4-3-5-7-18/h3-7,17,19-20H,8-16H2,1-2H3/t17-/m1/s1. The number of amides is 2. The summed E-state index contributed by atoms with van der Waals surface area (Å²) in [6.07, 6.45) is 3.86. The third-order valence-electron chi connectivity index (χ3n) is 6.15. The molecule has 28 heavy (non-hydrogen) atoms. The van der Waals surface area contributed by atoms with Crippen LogP contribution in [0.1, 0.15) is 38.2 Å². The molecule has 0 aromatic heterocycles. The molecule has 1 aromatic rings. The van der Waals surface area contributed by atoms with E-state index in [1.165, 1.54) is 5.56 Å². The number of hydrogen-bond acceptors (Lipinski definition) is 3. The first-order valence-corrected chi connectivity index (χ1v) is 10.8. The largest absolute Gasteiger partial charge is 0.341 e. The summed E-state index contributed by atoms with van der Waals surface area (Å²) in [6, 6.07) is 10.7. The maximum Gasteiger partial charge on any atom is 0.240 e. The molecule has 0 aliphatic carbocycles. The van der Waals surface area contributed by atoms with E-state index in [0.717, 1.165) is 51.9 Å². The average molecular weight is 406 g/mol. The normalized spacial score (nSPS) is 20.8. The molecule has 0 N–H and O–H groups in total. The molecule has 0 bridgehead atoms. The molecular formula is C22H32ClN3O2. The van der Waals surface area contributed by atoms with Gasteiger partial charge in [-0.05, 0) is 51.3 Å². The molecule has 1 atom stereocenters. The fourth-order valence-electron chi connectivity index (χ4n) is 4.46. The van der Waals surface area contributed by atoms with Crippen molar-refractivity contribution in [1.82, 2.24) is 14.7 Å². The summed E-state index contributed by atoms with van der Waals surface area (Å²) in [5, 5.41) is -0.439. The Kier molecular flexibility index (Phi) is 7.36. The zero-order chi connectivity index (χ0) is 20.1. The molecule has 2 saturated heterocycles. The van der Waals surface area contributed by atoms with Crippen LogP contribution in [0.5, 0.6) is 0 Å². The molecule has 2 aliphatic heterocycles. The van der Waals surface area contributed by atoms with Crippen molar-refractivity contribution in [2.75, 3.05) is 33.2 Å². The molecule has 2 fully saturated rings. The number of nitrogens with zero attached hydrogens (tertiary/aromatic N) is 3. The van der Waals surface area contributed by atoms with E-state index < -0.39 is 5.38 Å². The molecule has 2 amide bonds. The van der Waals surface area contributed by atoms with Crippen LogP contribution in [0.2, 0.25) is 0 Å². The molecule has 0 radical (unpaired) electrons. The van der Waals surface area contributed by atoms with Crippen LogP contribution in [0.4, 0.5) is 0 Å². The van der Waals surface area contributed by atoms with E-state index in [2.05, 4.69) is 17.0 Å². The van der Waals surface area contributed by atoms with Gasteiger partial charge < -0.3 is 14.7 Å². The predicted octanol–water partition coefficient (Wildman–Crippen LogP) is 2.98. The molecule has 6 heteroatoms. The van der Waals surface area contributed by atoms with Crippen molar-refractivity contribution in [3.63, 3.8) is 0 Å². The van der Waals surface area contributed by atoms with Crippen LogP contribution >= 0.6 is 11.6 Å². The second kappa shape index (κ2) is 9.75. The first kappa shape index (κ1) is 21.1. The van der Waals surface area contributed by atoms with Crippen molar-refractivity contribution >= 4 is 23.4 Å². The van der Waals surface area contributed by atoms with Crippen LogP contribution in [-0.4, -0.2) is 71.2 Å². The van der Waals surface area contributed by atoms with Gasteiger partial charge >= 0.3 is 0 Å². The Morgan fingerprint density at radius 2 is 1.68 bits per heavy atom. The topological polar surface area (TPSA) is 43.9 Å². The summed E-state index contributed by atoms with van der Waals surface area (Å²) in [5.41, 5.74) is 1.17. The monoisotopic (exact) mass is 405 g/mol. The van der Waals surface area contributed by atoms with E-state index in [4.69, 9.17) is 11.6 Å². The Hall–Kier alpha value is -1.59. The van der Waals surface area contributed by atoms with Crippen LogP contribution in [0, 0.1) is 5.92 Å². The van der Waals surface area contributed by atoms with Gasteiger partial charge in [0.05, 0.1) is 0 Å². The van der Waals surface area contributed by atoms with Crippen LogP contribution < -0.4 is 0 Å². The number of likely N-dealkylation sites (tertiary alicyclic amines) is 2. The van der Waals surface area contributed by atoms with E-state index in [0.29, 0.717) is 12.6 Å². The Bertz CT molecular complexity index is 651. The van der Waals surface area contributed by atoms with Gasteiger partial charge in [-0.25, -0.2) is 0 Å². The minimum atomic E-state index is -0.439. The lowest BCUT2D eigenvalue weighted by atomic mass is 9.92. The van der Waals surface area contributed by atoms with E-state index in [1.54, 1.807) is 6.92 Å². The number of alkyl halides is 1. The lowest BCUT2D eigenvalue weighted by Gasteiger charge is -2.42. The van der Waals surface area contributed by atoms with Gasteiger partial charge in [0, 0.05) is 38.6 Å². The van der Waals surface area contributed by atoms with Crippen LogP contribution in [0.15, 0.2) is 30.3 Å². The number of rotatable bonds is 5. The van der Waals surface area contributed by atoms with Gasteiger partial charge in [-0.2, -0.15) is 0 Å². The van der Waals surface area contributed by atoms with Gasteiger partial charge in [0.25, 0.3) is 0 Å². The number of carbonyl (C=O) groups is 2. The smallest absolute Gasteiger partial charge is 0.240 e. The Morgan fingerprint density at radius 3 is 2.25 bits per heavy atom. The van der Waals surface area contributed by atoms with E-state index >= 15 is 0 Å². The molecule has 1 aromatic carbocycles. The van der Waals surface area contributed by atoms with Crippen molar-refractivity contribution in [1.29, 1.82) is 0 Å². The van der Waals surface area contributed by atoms with Gasteiger partial charge in [0.1, 0.15) is 5.38 Å². The van der Waals surface area contributed by atoms with Crippen molar-refractivity contribution < 1.29 is 9.59 Å². The Labute approximate surface area is 173 Å². The second-order valence-electron chi connectivity index (χ2n) is 8.16. The predicted molar refractivity (Wildman–Crippen MR) is 112 cm³/mol. The van der Waals surface area contributed by atoms with Crippen molar-refractivity contribution in [3.05, 3.63) is 35.9 Å². The number of halogens is 1. The summed E-state index contributed by atoms with van der Waals surface area (Å²) < 4.78 is 0. The lowest BCUT2D eigenvalue weighted by Crippen LogP contribution is -2.51. The van der Waals surface area contributed by atoms with E-state index in [1.807, 2.05) is 35.0 Å². The lowest BCUT2D eigenvalue weighted by molar-refractivity contribution is -0.137. The highest BCUT2D eigenvalue weighted by molar-refractivity contribution is 6.30. The van der Waals surface area contributed by atoms with Gasteiger partial charge in [0.15, 0.2) is 0 Å². The first-order chi connectivity index (χ1) is 13.5. The number of carbonyl (C=O) groups excluding carboxylic acids is 2. The maximum atomic E-state index is 12.8. The fraction of sp³-hybridized carbons (Fsp3) is 0.636. The first-order valence-electron chi connectivity index (χ1n) is 10.4. The van der Waals surface area contributed by atoms with Gasteiger partial charge in [-0.15, -0.1) is 11.6 Å². The minimum absolute atomic E-state index is 0.0471. The Balaban J connectivity index is 1.43. The third-order valence-corrected chi connectivity index (χ3v) is 6.34. The minimum Gasteiger partial charge on any atom is -0.341 e. The third kappa shape index (κ3) is 5.26. The number of hydrogen-bond donors (Lipinski definition) is 0. The molecule has 0 saturated carbocycles. The summed E-state index contributed by atoms with van der Waals surface area (Å²) >= 11 is 5.93. The highest BCUT2D eigenvalue weighted by atomic mass is 35.5. The van der Waals surface area contributed by atoms with Crippen molar-refractivity contribution in [2.45, 2.75) is 50.6 Å². The number of piperidine rings is 2. The average Bonchev–Trinajstić information content (AvgIpc) is 2.73. The summed E-state index contributed by atoms with van der Waals surface area (Å²) in [4.78, 5) is 31.1. The fourth-order valence-corrected chi connectivity index (χ4v) is 4.60. The quantitative estimate of drug-likeness (QED) is 0.707. The van der Waals surface area contributed by atoms with Gasteiger partial charge in [-0.3, -0.25) is 9.59 Å². The van der Waals surface area contributed by atoms with E-state index in [-0.39, 0.29) is 17.7 Å². The van der Waals surface area contributed by atoms with E-state index in [9.17, 15) is 9.59 Å². The SMILES string of the molecule is C[C@@H](Cl)C(=O)N1CCC(N2CCC(C(=O)N(C)Cc3ccccc3)CC2)CC1. The van der Waals surface area contributed by atoms with Crippen molar-refractivity contribution in [2.24, 2.45) is 5.92 Å². The second-order valence-corrected chi connectivity index (χ2v) is 8.82. The maximum absolute atomic E-state index is 12.8. The molecular weight excluding hydrogens is 374 g/mol. The van der Waals surface area contributed by atoms with Crippen LogP contribution in [0.25, 0.3) is 0 Å². The summed E-state index contributed by atoms with van der Waals surface area (Å²) in [5.74, 6) is 0.439. The zero-order valence-electron chi connectivity index (χ0n) is 17.0. The molecule has 0 unspecified atom stereocenters. The number of benzene rings is 1. The van der Waals surface area contributed by atoms with Crippen molar-refractivity contribution in [3.8, 4) is 0 Å².